The number of carbonyl (C=O) groups is 2. The van der Waals surface area contributed by atoms with E-state index in [-0.39, 0.29) is 18.2 Å². The van der Waals surface area contributed by atoms with Crippen LogP contribution < -0.4 is 9.47 Å². The van der Waals surface area contributed by atoms with E-state index in [0.717, 1.165) is 16.8 Å². The average Bonchev–Trinajstić information content (AvgIpc) is 3.16. The van der Waals surface area contributed by atoms with Crippen molar-refractivity contribution in [1.82, 2.24) is 15.1 Å². The summed E-state index contributed by atoms with van der Waals surface area (Å²) < 4.78 is 10.7. The molecule has 3 rings (SSSR count). The van der Waals surface area contributed by atoms with Crippen LogP contribution in [0.5, 0.6) is 11.5 Å². The molecule has 8 nitrogen and oxygen atoms in total. The number of hydrogen-bond donors (Lipinski definition) is 2. The zero-order valence-electron chi connectivity index (χ0n) is 16.5. The molecule has 1 atom stereocenters. The number of nitrogens with one attached hydrogen (secondary N) is 1. The van der Waals surface area contributed by atoms with Gasteiger partial charge in [-0.1, -0.05) is 13.8 Å². The molecule has 1 aliphatic rings. The predicted octanol–water partition coefficient (Wildman–Crippen LogP) is 2.76. The molecule has 0 bridgehead atoms. The van der Waals surface area contributed by atoms with E-state index in [1.54, 1.807) is 24.1 Å². The molecule has 1 aliphatic heterocycles. The van der Waals surface area contributed by atoms with Crippen molar-refractivity contribution in [3.63, 3.8) is 0 Å². The highest BCUT2D eigenvalue weighted by Gasteiger charge is 2.35. The molecule has 2 heterocycles. The van der Waals surface area contributed by atoms with E-state index < -0.39 is 12.0 Å². The number of H-pyrrole nitrogens is 1. The smallest absolute Gasteiger partial charge is 0.305 e. The molecule has 28 heavy (non-hydrogen) atoms. The standard InChI is InChI=1S/C20H25N3O5/c1-11(2)14-9-15(22-21-14)20(26)23-6-5-12-7-17(27-3)18(28-4)8-13(12)16(23)10-19(24)25/h7-9,11,16H,5-6,10H2,1-4H3,(H,21,22)(H,24,25). The zero-order chi connectivity index (χ0) is 20.4. The van der Waals surface area contributed by atoms with E-state index in [4.69, 9.17) is 9.47 Å². The second-order valence-electron chi connectivity index (χ2n) is 7.13. The van der Waals surface area contributed by atoms with Crippen molar-refractivity contribution >= 4 is 11.9 Å². The Labute approximate surface area is 163 Å². The Morgan fingerprint density at radius 2 is 1.93 bits per heavy atom. The molecule has 1 amide bonds. The molecule has 2 aromatic rings. The lowest BCUT2D eigenvalue weighted by molar-refractivity contribution is -0.138. The van der Waals surface area contributed by atoms with Gasteiger partial charge in [-0.2, -0.15) is 5.10 Å². The Balaban J connectivity index is 2.00. The average molecular weight is 387 g/mol. The summed E-state index contributed by atoms with van der Waals surface area (Å²) in [5, 5.41) is 16.5. The van der Waals surface area contributed by atoms with Crippen molar-refractivity contribution in [3.8, 4) is 11.5 Å². The van der Waals surface area contributed by atoms with E-state index in [9.17, 15) is 14.7 Å². The van der Waals surface area contributed by atoms with Crippen LogP contribution in [-0.2, 0) is 11.2 Å². The summed E-state index contributed by atoms with van der Waals surface area (Å²) in [6.07, 6.45) is 0.398. The lowest BCUT2D eigenvalue weighted by Crippen LogP contribution is -2.41. The van der Waals surface area contributed by atoms with E-state index in [2.05, 4.69) is 10.2 Å². The number of hydrogen-bond acceptors (Lipinski definition) is 5. The first kappa shape index (κ1) is 19.7. The predicted molar refractivity (Wildman–Crippen MR) is 102 cm³/mol. The van der Waals surface area contributed by atoms with Gasteiger partial charge >= 0.3 is 5.97 Å². The first-order valence-electron chi connectivity index (χ1n) is 9.18. The molecule has 2 N–H and O–H groups in total. The van der Waals surface area contributed by atoms with Gasteiger partial charge in [-0.25, -0.2) is 0 Å². The van der Waals surface area contributed by atoms with Gasteiger partial charge in [0.15, 0.2) is 11.5 Å². The molecular weight excluding hydrogens is 362 g/mol. The monoisotopic (exact) mass is 387 g/mol. The first-order valence-corrected chi connectivity index (χ1v) is 9.18. The molecule has 0 aliphatic carbocycles. The second-order valence-corrected chi connectivity index (χ2v) is 7.13. The van der Waals surface area contributed by atoms with Crippen LogP contribution in [0, 0.1) is 0 Å². The van der Waals surface area contributed by atoms with Gasteiger partial charge < -0.3 is 19.5 Å². The number of fused-ring (bicyclic) bond motifs is 1. The van der Waals surface area contributed by atoms with Gasteiger partial charge in [0, 0.05) is 12.2 Å². The van der Waals surface area contributed by atoms with E-state index in [0.29, 0.717) is 30.2 Å². The number of aromatic amines is 1. The number of aliphatic carboxylic acids is 1. The highest BCUT2D eigenvalue weighted by atomic mass is 16.5. The molecule has 150 valence electrons. The van der Waals surface area contributed by atoms with E-state index in [1.807, 2.05) is 19.9 Å². The Morgan fingerprint density at radius 3 is 2.50 bits per heavy atom. The van der Waals surface area contributed by atoms with Gasteiger partial charge in [-0.3, -0.25) is 14.7 Å². The van der Waals surface area contributed by atoms with E-state index in [1.165, 1.54) is 7.11 Å². The molecule has 0 radical (unpaired) electrons. The van der Waals surface area contributed by atoms with Gasteiger partial charge in [0.05, 0.1) is 26.7 Å². The molecule has 0 fully saturated rings. The Bertz CT molecular complexity index is 890. The molecule has 0 spiro atoms. The number of benzene rings is 1. The normalized spacial score (nSPS) is 16.0. The zero-order valence-corrected chi connectivity index (χ0v) is 16.5. The van der Waals surface area contributed by atoms with Gasteiger partial charge in [-0.05, 0) is 41.7 Å². The third-order valence-electron chi connectivity index (χ3n) is 5.07. The number of carbonyl (C=O) groups excluding carboxylic acids is 1. The summed E-state index contributed by atoms with van der Waals surface area (Å²) >= 11 is 0. The van der Waals surface area contributed by atoms with Gasteiger partial charge in [0.2, 0.25) is 0 Å². The van der Waals surface area contributed by atoms with Crippen LogP contribution >= 0.6 is 0 Å². The Kier molecular flexibility index (Phi) is 5.58. The maximum atomic E-state index is 13.1. The SMILES string of the molecule is COc1cc2c(cc1OC)C(CC(=O)O)N(C(=O)c1cc(C(C)C)[nH]n1)CC2. The molecule has 0 saturated heterocycles. The highest BCUT2D eigenvalue weighted by Crippen LogP contribution is 2.40. The second kappa shape index (κ2) is 7.92. The summed E-state index contributed by atoms with van der Waals surface area (Å²) in [4.78, 5) is 26.2. The minimum atomic E-state index is -0.977. The number of amides is 1. The van der Waals surface area contributed by atoms with Crippen LogP contribution in [0.2, 0.25) is 0 Å². The fraction of sp³-hybridized carbons (Fsp3) is 0.450. The van der Waals surface area contributed by atoms with Crippen molar-refractivity contribution in [1.29, 1.82) is 0 Å². The molecule has 1 unspecified atom stereocenters. The van der Waals surface area contributed by atoms with Crippen LogP contribution in [0.1, 0.15) is 59.5 Å². The van der Waals surface area contributed by atoms with Crippen LogP contribution in [0.25, 0.3) is 0 Å². The van der Waals surface area contributed by atoms with Crippen molar-refractivity contribution < 1.29 is 24.2 Å². The summed E-state index contributed by atoms with van der Waals surface area (Å²) in [5.41, 5.74) is 2.88. The molecule has 1 aromatic heterocycles. The summed E-state index contributed by atoms with van der Waals surface area (Å²) in [5.74, 6) is 0.0459. The first-order chi connectivity index (χ1) is 13.3. The summed E-state index contributed by atoms with van der Waals surface area (Å²) in [6, 6.07) is 4.75. The largest absolute Gasteiger partial charge is 0.493 e. The number of methoxy groups -OCH3 is 2. The third-order valence-corrected chi connectivity index (χ3v) is 5.07. The number of rotatable bonds is 6. The van der Waals surface area contributed by atoms with E-state index >= 15 is 0 Å². The number of nitrogens with zero attached hydrogens (tertiary/aromatic N) is 2. The number of carboxylic acid groups (broad SMARTS) is 1. The third kappa shape index (κ3) is 3.67. The van der Waals surface area contributed by atoms with Gasteiger partial charge in [0.25, 0.3) is 5.91 Å². The lowest BCUT2D eigenvalue weighted by atomic mass is 9.89. The molecular formula is C20H25N3O5. The molecule has 1 aromatic carbocycles. The maximum absolute atomic E-state index is 13.1. The Morgan fingerprint density at radius 1 is 1.25 bits per heavy atom. The minimum Gasteiger partial charge on any atom is -0.493 e. The van der Waals surface area contributed by atoms with Crippen molar-refractivity contribution in [2.75, 3.05) is 20.8 Å². The van der Waals surface area contributed by atoms with Crippen LogP contribution in [-0.4, -0.2) is 52.8 Å². The van der Waals surface area contributed by atoms with Crippen LogP contribution in [0.15, 0.2) is 18.2 Å². The highest BCUT2D eigenvalue weighted by molar-refractivity contribution is 5.93. The summed E-state index contributed by atoms with van der Waals surface area (Å²) in [7, 11) is 3.08. The van der Waals surface area contributed by atoms with Crippen molar-refractivity contribution in [2.45, 2.75) is 38.6 Å². The number of carboxylic acids is 1. The quantitative estimate of drug-likeness (QED) is 0.790. The molecule has 8 heteroatoms. The number of aromatic nitrogens is 2. The van der Waals surface area contributed by atoms with Gasteiger partial charge in [0.1, 0.15) is 5.69 Å². The van der Waals surface area contributed by atoms with Crippen molar-refractivity contribution in [3.05, 3.63) is 40.7 Å². The molecule has 0 saturated carbocycles. The fourth-order valence-electron chi connectivity index (χ4n) is 3.55. The topological polar surface area (TPSA) is 105 Å². The van der Waals surface area contributed by atoms with Crippen LogP contribution in [0.4, 0.5) is 0 Å². The lowest BCUT2D eigenvalue weighted by Gasteiger charge is -2.36. The minimum absolute atomic E-state index is 0.199. The Hall–Kier alpha value is -3.03. The van der Waals surface area contributed by atoms with Crippen LogP contribution in [0.3, 0.4) is 0 Å². The summed E-state index contributed by atoms with van der Waals surface area (Å²) in [6.45, 7) is 4.42. The fourth-order valence-corrected chi connectivity index (χ4v) is 3.55. The maximum Gasteiger partial charge on any atom is 0.305 e. The van der Waals surface area contributed by atoms with Gasteiger partial charge in [-0.15, -0.1) is 0 Å². The number of ether oxygens (including phenoxy) is 2. The van der Waals surface area contributed by atoms with Crippen molar-refractivity contribution in [2.24, 2.45) is 0 Å².